The topological polar surface area (TPSA) is 67.3 Å². The Morgan fingerprint density at radius 1 is 1.50 bits per heavy atom. The minimum Gasteiger partial charge on any atom is -0.461 e. The molecular formula is C11H19N3O2. The number of nitrogens with zero attached hydrogens (tertiary/aromatic N) is 2. The van der Waals surface area contributed by atoms with Crippen LogP contribution < -0.4 is 10.1 Å². The van der Waals surface area contributed by atoms with Gasteiger partial charge >= 0.3 is 6.01 Å². The second-order valence-corrected chi connectivity index (χ2v) is 4.01. The summed E-state index contributed by atoms with van der Waals surface area (Å²) in [5, 5.41) is 12.7. The number of hydrogen-bond acceptors (Lipinski definition) is 5. The summed E-state index contributed by atoms with van der Waals surface area (Å²) in [5.74, 6) is 0. The van der Waals surface area contributed by atoms with Crippen molar-refractivity contribution in [1.29, 1.82) is 0 Å². The molecule has 1 aromatic rings. The van der Waals surface area contributed by atoms with Crippen LogP contribution in [0.4, 0.5) is 0 Å². The lowest BCUT2D eigenvalue weighted by Gasteiger charge is -2.14. The Labute approximate surface area is 95.9 Å². The molecule has 1 atom stereocenters. The van der Waals surface area contributed by atoms with Crippen molar-refractivity contribution >= 4 is 0 Å². The number of aliphatic hydroxyl groups excluding tert-OH is 1. The quantitative estimate of drug-likeness (QED) is 0.739. The summed E-state index contributed by atoms with van der Waals surface area (Å²) in [6.45, 7) is 6.62. The number of hydrogen-bond donors (Lipinski definition) is 2. The Bertz CT molecular complexity index is 318. The van der Waals surface area contributed by atoms with Crippen molar-refractivity contribution < 1.29 is 9.84 Å². The highest BCUT2D eigenvalue weighted by atomic mass is 16.5. The SMILES string of the molecule is Cc1ccnc(OCC(O)CNC(C)C)n1. The van der Waals surface area contributed by atoms with Crippen LogP contribution in [0, 0.1) is 6.92 Å². The number of nitrogens with one attached hydrogen (secondary N) is 1. The van der Waals surface area contributed by atoms with E-state index in [1.54, 1.807) is 12.3 Å². The molecule has 0 aliphatic rings. The zero-order chi connectivity index (χ0) is 12.0. The maximum absolute atomic E-state index is 9.59. The molecule has 0 fully saturated rings. The molecule has 0 aromatic carbocycles. The lowest BCUT2D eigenvalue weighted by molar-refractivity contribution is 0.0992. The van der Waals surface area contributed by atoms with Crippen LogP contribution in [-0.4, -0.2) is 40.4 Å². The van der Waals surface area contributed by atoms with E-state index in [9.17, 15) is 5.11 Å². The highest BCUT2D eigenvalue weighted by Crippen LogP contribution is 2.02. The van der Waals surface area contributed by atoms with Crippen LogP contribution in [0.5, 0.6) is 6.01 Å². The van der Waals surface area contributed by atoms with Crippen molar-refractivity contribution in [2.75, 3.05) is 13.2 Å². The molecule has 0 spiro atoms. The van der Waals surface area contributed by atoms with Crippen LogP contribution >= 0.6 is 0 Å². The summed E-state index contributed by atoms with van der Waals surface area (Å²) < 4.78 is 5.27. The lowest BCUT2D eigenvalue weighted by Crippen LogP contribution is -2.35. The summed E-state index contributed by atoms with van der Waals surface area (Å²) >= 11 is 0. The maximum Gasteiger partial charge on any atom is 0.316 e. The van der Waals surface area contributed by atoms with Crippen molar-refractivity contribution in [3.8, 4) is 6.01 Å². The van der Waals surface area contributed by atoms with E-state index in [-0.39, 0.29) is 6.61 Å². The Morgan fingerprint density at radius 2 is 2.25 bits per heavy atom. The van der Waals surface area contributed by atoms with Gasteiger partial charge in [0.1, 0.15) is 12.7 Å². The third-order valence-electron chi connectivity index (χ3n) is 1.94. The maximum atomic E-state index is 9.59. The molecule has 90 valence electrons. The summed E-state index contributed by atoms with van der Waals surface area (Å²) in [4.78, 5) is 8.02. The smallest absolute Gasteiger partial charge is 0.316 e. The van der Waals surface area contributed by atoms with E-state index in [2.05, 4.69) is 15.3 Å². The fourth-order valence-electron chi connectivity index (χ4n) is 1.10. The first kappa shape index (κ1) is 12.9. The van der Waals surface area contributed by atoms with Gasteiger partial charge in [0.15, 0.2) is 0 Å². The third kappa shape index (κ3) is 5.04. The fraction of sp³-hybridized carbons (Fsp3) is 0.636. The second-order valence-electron chi connectivity index (χ2n) is 4.01. The summed E-state index contributed by atoms with van der Waals surface area (Å²) in [6, 6.07) is 2.46. The lowest BCUT2D eigenvalue weighted by atomic mass is 10.3. The molecule has 0 saturated heterocycles. The molecule has 0 aliphatic carbocycles. The van der Waals surface area contributed by atoms with Crippen LogP contribution in [0.25, 0.3) is 0 Å². The summed E-state index contributed by atoms with van der Waals surface area (Å²) in [5.41, 5.74) is 0.847. The van der Waals surface area contributed by atoms with E-state index < -0.39 is 6.10 Å². The average Bonchev–Trinajstić information content (AvgIpc) is 2.23. The molecule has 1 heterocycles. The van der Waals surface area contributed by atoms with Gasteiger partial charge in [-0.2, -0.15) is 0 Å². The van der Waals surface area contributed by atoms with Gasteiger partial charge < -0.3 is 15.2 Å². The molecule has 0 aliphatic heterocycles. The van der Waals surface area contributed by atoms with Gasteiger partial charge in [-0.05, 0) is 13.0 Å². The van der Waals surface area contributed by atoms with Crippen molar-refractivity contribution in [1.82, 2.24) is 15.3 Å². The predicted octanol–water partition coefficient (Wildman–Crippen LogP) is 0.523. The molecule has 1 rings (SSSR count). The van der Waals surface area contributed by atoms with E-state index in [1.165, 1.54) is 0 Å². The van der Waals surface area contributed by atoms with Crippen LogP contribution in [0.15, 0.2) is 12.3 Å². The minimum absolute atomic E-state index is 0.198. The summed E-state index contributed by atoms with van der Waals surface area (Å²) in [7, 11) is 0. The second kappa shape index (κ2) is 6.40. The van der Waals surface area contributed by atoms with Gasteiger partial charge in [-0.25, -0.2) is 9.97 Å². The number of ether oxygens (including phenoxy) is 1. The highest BCUT2D eigenvalue weighted by Gasteiger charge is 2.06. The van der Waals surface area contributed by atoms with Crippen molar-refractivity contribution in [3.63, 3.8) is 0 Å². The van der Waals surface area contributed by atoms with Gasteiger partial charge in [-0.3, -0.25) is 0 Å². The molecule has 2 N–H and O–H groups in total. The van der Waals surface area contributed by atoms with E-state index in [0.717, 1.165) is 5.69 Å². The number of aryl methyl sites for hydroxylation is 1. The van der Waals surface area contributed by atoms with E-state index in [4.69, 9.17) is 4.74 Å². The van der Waals surface area contributed by atoms with E-state index >= 15 is 0 Å². The van der Waals surface area contributed by atoms with Crippen LogP contribution in [0.1, 0.15) is 19.5 Å². The first-order valence-corrected chi connectivity index (χ1v) is 5.42. The molecule has 0 saturated carbocycles. The van der Waals surface area contributed by atoms with Gasteiger partial charge in [0.25, 0.3) is 0 Å². The first-order valence-electron chi connectivity index (χ1n) is 5.42. The molecular weight excluding hydrogens is 206 g/mol. The standard InChI is InChI=1S/C11H19N3O2/c1-8(2)13-6-10(15)7-16-11-12-5-4-9(3)14-11/h4-5,8,10,13,15H,6-7H2,1-3H3. The van der Waals surface area contributed by atoms with Gasteiger partial charge in [0, 0.05) is 24.5 Å². The average molecular weight is 225 g/mol. The summed E-state index contributed by atoms with van der Waals surface area (Å²) in [6.07, 6.45) is 1.09. The Kier molecular flexibility index (Phi) is 5.14. The van der Waals surface area contributed by atoms with Gasteiger partial charge in [0.2, 0.25) is 0 Å². The molecule has 5 nitrogen and oxygen atoms in total. The monoisotopic (exact) mass is 225 g/mol. The van der Waals surface area contributed by atoms with Gasteiger partial charge in [0.05, 0.1) is 0 Å². The van der Waals surface area contributed by atoms with Crippen molar-refractivity contribution in [2.24, 2.45) is 0 Å². The molecule has 1 aromatic heterocycles. The third-order valence-corrected chi connectivity index (χ3v) is 1.94. The Balaban J connectivity index is 2.28. The first-order chi connectivity index (χ1) is 7.58. The van der Waals surface area contributed by atoms with Gasteiger partial charge in [-0.15, -0.1) is 0 Å². The number of aliphatic hydroxyl groups is 1. The van der Waals surface area contributed by atoms with Crippen LogP contribution in [-0.2, 0) is 0 Å². The number of aromatic nitrogens is 2. The fourth-order valence-corrected chi connectivity index (χ4v) is 1.10. The van der Waals surface area contributed by atoms with Crippen molar-refractivity contribution in [3.05, 3.63) is 18.0 Å². The molecule has 5 heteroatoms. The van der Waals surface area contributed by atoms with Crippen molar-refractivity contribution in [2.45, 2.75) is 32.9 Å². The Hall–Kier alpha value is -1.20. The molecule has 16 heavy (non-hydrogen) atoms. The predicted molar refractivity (Wildman–Crippen MR) is 61.4 cm³/mol. The molecule has 1 unspecified atom stereocenters. The Morgan fingerprint density at radius 3 is 2.88 bits per heavy atom. The zero-order valence-electron chi connectivity index (χ0n) is 9.97. The highest BCUT2D eigenvalue weighted by molar-refractivity contribution is 5.02. The molecule has 0 bridgehead atoms. The number of rotatable bonds is 6. The minimum atomic E-state index is -0.550. The van der Waals surface area contributed by atoms with E-state index in [0.29, 0.717) is 18.6 Å². The van der Waals surface area contributed by atoms with Gasteiger partial charge in [-0.1, -0.05) is 13.8 Å². The van der Waals surface area contributed by atoms with Crippen LogP contribution in [0.3, 0.4) is 0 Å². The largest absolute Gasteiger partial charge is 0.461 e. The molecule has 0 amide bonds. The van der Waals surface area contributed by atoms with Crippen LogP contribution in [0.2, 0.25) is 0 Å². The normalized spacial score (nSPS) is 12.8. The van der Waals surface area contributed by atoms with E-state index in [1.807, 2.05) is 20.8 Å². The molecule has 0 radical (unpaired) electrons. The zero-order valence-corrected chi connectivity index (χ0v) is 9.97.